The molecule has 0 aliphatic carbocycles. The second kappa shape index (κ2) is 4.10. The van der Waals surface area contributed by atoms with Crippen LogP contribution in [0.5, 0.6) is 0 Å². The van der Waals surface area contributed by atoms with Crippen LogP contribution < -0.4 is 0 Å². The van der Waals surface area contributed by atoms with Crippen molar-refractivity contribution in [2.45, 2.75) is 46.0 Å². The predicted molar refractivity (Wildman–Crippen MR) is 72.3 cm³/mol. The van der Waals surface area contributed by atoms with Crippen LogP contribution in [-0.4, -0.2) is 9.97 Å². The molecule has 2 nitrogen and oxygen atoms in total. The van der Waals surface area contributed by atoms with E-state index in [0.29, 0.717) is 5.92 Å². The molecule has 0 N–H and O–H groups in total. The Labute approximate surface area is 103 Å². The van der Waals surface area contributed by atoms with E-state index in [4.69, 9.17) is 0 Å². The summed E-state index contributed by atoms with van der Waals surface area (Å²) in [6.45, 7) is 11.0. The van der Waals surface area contributed by atoms with E-state index in [-0.39, 0.29) is 5.41 Å². The van der Waals surface area contributed by atoms with Crippen LogP contribution in [-0.2, 0) is 5.41 Å². The molecule has 90 valence electrons. The van der Waals surface area contributed by atoms with Gasteiger partial charge in [-0.1, -0.05) is 46.8 Å². The Kier molecular flexibility index (Phi) is 2.90. The Balaban J connectivity index is 2.65. The van der Waals surface area contributed by atoms with E-state index in [1.54, 1.807) is 6.33 Å². The van der Waals surface area contributed by atoms with E-state index in [1.807, 2.05) is 0 Å². The van der Waals surface area contributed by atoms with E-state index in [2.05, 4.69) is 62.8 Å². The van der Waals surface area contributed by atoms with Gasteiger partial charge < -0.3 is 0 Å². The zero-order valence-corrected chi connectivity index (χ0v) is 11.3. The molecule has 1 aromatic carbocycles. The Morgan fingerprint density at radius 2 is 1.76 bits per heavy atom. The van der Waals surface area contributed by atoms with E-state index < -0.39 is 0 Å². The van der Waals surface area contributed by atoms with Crippen LogP contribution in [0.1, 0.15) is 51.8 Å². The molecule has 17 heavy (non-hydrogen) atoms. The van der Waals surface area contributed by atoms with Crippen molar-refractivity contribution in [2.75, 3.05) is 0 Å². The summed E-state index contributed by atoms with van der Waals surface area (Å²) in [5.41, 5.74) is 3.67. The maximum atomic E-state index is 4.39. The smallest absolute Gasteiger partial charge is 0.116 e. The molecule has 0 amide bonds. The standard InChI is InChI=1S/C15H20N2/c1-10(2)14-12-7-6-11(15(3,4)5)8-13(12)16-9-17-14/h6-10H,1-5H3. The molecule has 2 rings (SSSR count). The lowest BCUT2D eigenvalue weighted by Gasteiger charge is -2.19. The summed E-state index contributed by atoms with van der Waals surface area (Å²) in [4.78, 5) is 8.77. The highest BCUT2D eigenvalue weighted by molar-refractivity contribution is 5.82. The minimum atomic E-state index is 0.164. The zero-order chi connectivity index (χ0) is 12.6. The first-order valence-electron chi connectivity index (χ1n) is 6.15. The highest BCUT2D eigenvalue weighted by Gasteiger charge is 2.15. The Bertz CT molecular complexity index is 536. The van der Waals surface area contributed by atoms with Gasteiger partial charge in [-0.3, -0.25) is 0 Å². The third-order valence-electron chi connectivity index (χ3n) is 3.08. The zero-order valence-electron chi connectivity index (χ0n) is 11.3. The SMILES string of the molecule is CC(C)c1ncnc2cc(C(C)(C)C)ccc12. The lowest BCUT2D eigenvalue weighted by atomic mass is 9.86. The minimum absolute atomic E-state index is 0.164. The molecule has 0 spiro atoms. The van der Waals surface area contributed by atoms with Crippen LogP contribution in [0.25, 0.3) is 10.9 Å². The fourth-order valence-corrected chi connectivity index (χ4v) is 2.00. The topological polar surface area (TPSA) is 25.8 Å². The number of rotatable bonds is 1. The van der Waals surface area contributed by atoms with Gasteiger partial charge in [-0.2, -0.15) is 0 Å². The summed E-state index contributed by atoms with van der Waals surface area (Å²) in [5.74, 6) is 0.431. The van der Waals surface area contributed by atoms with Crippen LogP contribution in [0.4, 0.5) is 0 Å². The van der Waals surface area contributed by atoms with E-state index >= 15 is 0 Å². The summed E-state index contributed by atoms with van der Waals surface area (Å²) in [6.07, 6.45) is 1.67. The Morgan fingerprint density at radius 3 is 2.35 bits per heavy atom. The summed E-state index contributed by atoms with van der Waals surface area (Å²) >= 11 is 0. The molecule has 0 aliphatic rings. The van der Waals surface area contributed by atoms with Gasteiger partial charge in [-0.05, 0) is 23.0 Å². The number of benzene rings is 1. The maximum absolute atomic E-state index is 4.39. The van der Waals surface area contributed by atoms with Crippen molar-refractivity contribution in [2.24, 2.45) is 0 Å². The van der Waals surface area contributed by atoms with Gasteiger partial charge >= 0.3 is 0 Å². The van der Waals surface area contributed by atoms with Gasteiger partial charge in [0.2, 0.25) is 0 Å². The molecule has 0 bridgehead atoms. The number of aromatic nitrogens is 2. The predicted octanol–water partition coefficient (Wildman–Crippen LogP) is 4.05. The third-order valence-corrected chi connectivity index (χ3v) is 3.08. The van der Waals surface area contributed by atoms with Crippen LogP contribution >= 0.6 is 0 Å². The van der Waals surface area contributed by atoms with Gasteiger partial charge in [0.1, 0.15) is 6.33 Å². The summed E-state index contributed by atoms with van der Waals surface area (Å²) in [7, 11) is 0. The second-order valence-electron chi connectivity index (χ2n) is 5.90. The van der Waals surface area contributed by atoms with Gasteiger partial charge in [0.15, 0.2) is 0 Å². The van der Waals surface area contributed by atoms with E-state index in [9.17, 15) is 0 Å². The van der Waals surface area contributed by atoms with Crippen molar-refractivity contribution in [3.8, 4) is 0 Å². The van der Waals surface area contributed by atoms with Gasteiger partial charge in [0, 0.05) is 5.39 Å². The van der Waals surface area contributed by atoms with Gasteiger partial charge in [0.25, 0.3) is 0 Å². The van der Waals surface area contributed by atoms with Gasteiger partial charge in [-0.25, -0.2) is 9.97 Å². The normalized spacial score (nSPS) is 12.4. The lowest BCUT2D eigenvalue weighted by Crippen LogP contribution is -2.11. The molecular formula is C15H20N2. The first-order chi connectivity index (χ1) is 7.89. The maximum Gasteiger partial charge on any atom is 0.116 e. The van der Waals surface area contributed by atoms with Gasteiger partial charge in [0.05, 0.1) is 11.2 Å². The molecule has 2 aromatic rings. The highest BCUT2D eigenvalue weighted by Crippen LogP contribution is 2.27. The lowest BCUT2D eigenvalue weighted by molar-refractivity contribution is 0.591. The molecule has 2 heteroatoms. The molecule has 1 heterocycles. The van der Waals surface area contributed by atoms with Crippen molar-refractivity contribution in [3.05, 3.63) is 35.8 Å². The largest absolute Gasteiger partial charge is 0.240 e. The van der Waals surface area contributed by atoms with Crippen LogP contribution in [0, 0.1) is 0 Å². The Hall–Kier alpha value is -1.44. The fourth-order valence-electron chi connectivity index (χ4n) is 2.00. The molecule has 0 unspecified atom stereocenters. The van der Waals surface area contributed by atoms with E-state index in [1.165, 1.54) is 10.9 Å². The number of fused-ring (bicyclic) bond motifs is 1. The summed E-state index contributed by atoms with van der Waals surface area (Å²) < 4.78 is 0. The fraction of sp³-hybridized carbons (Fsp3) is 0.467. The van der Waals surface area contributed by atoms with Crippen molar-refractivity contribution < 1.29 is 0 Å². The minimum Gasteiger partial charge on any atom is -0.240 e. The molecule has 0 radical (unpaired) electrons. The third kappa shape index (κ3) is 2.31. The molecule has 0 atom stereocenters. The number of hydrogen-bond acceptors (Lipinski definition) is 2. The van der Waals surface area contributed by atoms with Crippen molar-refractivity contribution in [1.29, 1.82) is 0 Å². The number of nitrogens with zero attached hydrogens (tertiary/aromatic N) is 2. The average molecular weight is 228 g/mol. The molecule has 0 aliphatic heterocycles. The van der Waals surface area contributed by atoms with Crippen molar-refractivity contribution >= 4 is 10.9 Å². The van der Waals surface area contributed by atoms with Crippen molar-refractivity contribution in [3.63, 3.8) is 0 Å². The highest BCUT2D eigenvalue weighted by atomic mass is 14.8. The molecular weight excluding hydrogens is 208 g/mol. The quantitative estimate of drug-likeness (QED) is 0.736. The van der Waals surface area contributed by atoms with E-state index in [0.717, 1.165) is 11.2 Å². The summed E-state index contributed by atoms with van der Waals surface area (Å²) in [6, 6.07) is 6.53. The molecule has 0 fully saturated rings. The first kappa shape index (κ1) is 12.0. The van der Waals surface area contributed by atoms with Crippen LogP contribution in [0.15, 0.2) is 24.5 Å². The second-order valence-corrected chi connectivity index (χ2v) is 5.90. The first-order valence-corrected chi connectivity index (χ1v) is 6.15. The van der Waals surface area contributed by atoms with Crippen LogP contribution in [0.3, 0.4) is 0 Å². The van der Waals surface area contributed by atoms with Crippen molar-refractivity contribution in [1.82, 2.24) is 9.97 Å². The average Bonchev–Trinajstić information content (AvgIpc) is 2.26. The summed E-state index contributed by atoms with van der Waals surface area (Å²) in [5, 5.41) is 1.18. The molecule has 0 saturated heterocycles. The van der Waals surface area contributed by atoms with Gasteiger partial charge in [-0.15, -0.1) is 0 Å². The number of hydrogen-bond donors (Lipinski definition) is 0. The molecule has 1 aromatic heterocycles. The molecule has 0 saturated carbocycles. The van der Waals surface area contributed by atoms with Crippen LogP contribution in [0.2, 0.25) is 0 Å². The Morgan fingerprint density at radius 1 is 1.06 bits per heavy atom. The monoisotopic (exact) mass is 228 g/mol.